The molecule has 0 radical (unpaired) electrons. The zero-order valence-electron chi connectivity index (χ0n) is 11.4. The quantitative estimate of drug-likeness (QED) is 0.855. The van der Waals surface area contributed by atoms with Crippen molar-refractivity contribution in [2.75, 3.05) is 19.6 Å². The van der Waals surface area contributed by atoms with Crippen molar-refractivity contribution in [3.63, 3.8) is 0 Å². The summed E-state index contributed by atoms with van der Waals surface area (Å²) < 4.78 is 5.64. The van der Waals surface area contributed by atoms with Gasteiger partial charge in [0.05, 0.1) is 0 Å². The van der Waals surface area contributed by atoms with E-state index in [0.717, 1.165) is 24.6 Å². The van der Waals surface area contributed by atoms with Crippen LogP contribution in [-0.2, 0) is 0 Å². The molecule has 0 amide bonds. The van der Waals surface area contributed by atoms with E-state index in [4.69, 9.17) is 4.42 Å². The summed E-state index contributed by atoms with van der Waals surface area (Å²) in [5.74, 6) is 2.09. The number of furan rings is 1. The molecular weight excluding hydrogens is 212 g/mol. The fourth-order valence-corrected chi connectivity index (χ4v) is 2.75. The van der Waals surface area contributed by atoms with Gasteiger partial charge in [-0.15, -0.1) is 0 Å². The highest BCUT2D eigenvalue weighted by Crippen LogP contribution is 2.27. The van der Waals surface area contributed by atoms with Crippen molar-refractivity contribution in [2.45, 2.75) is 46.2 Å². The molecule has 1 N–H and O–H groups in total. The summed E-state index contributed by atoms with van der Waals surface area (Å²) in [6.07, 6.45) is 1.23. The number of nitrogens with zero attached hydrogens (tertiary/aromatic N) is 1. The maximum atomic E-state index is 5.64. The highest BCUT2D eigenvalue weighted by molar-refractivity contribution is 5.23. The fourth-order valence-electron chi connectivity index (χ4n) is 2.75. The third-order valence-electron chi connectivity index (χ3n) is 3.70. The molecule has 1 aromatic heterocycles. The molecule has 96 valence electrons. The molecule has 1 saturated heterocycles. The lowest BCUT2D eigenvalue weighted by atomic mass is 10.1. The molecule has 0 bridgehead atoms. The molecule has 0 aromatic carbocycles. The van der Waals surface area contributed by atoms with Crippen LogP contribution in [0.5, 0.6) is 0 Å². The van der Waals surface area contributed by atoms with Crippen molar-refractivity contribution in [3.05, 3.63) is 23.2 Å². The molecule has 3 heteroatoms. The van der Waals surface area contributed by atoms with E-state index < -0.39 is 0 Å². The van der Waals surface area contributed by atoms with E-state index in [9.17, 15) is 0 Å². The van der Waals surface area contributed by atoms with Crippen molar-refractivity contribution >= 4 is 0 Å². The summed E-state index contributed by atoms with van der Waals surface area (Å²) in [6.45, 7) is 12.1. The van der Waals surface area contributed by atoms with Gasteiger partial charge in [-0.3, -0.25) is 4.90 Å². The fraction of sp³-hybridized carbons (Fsp3) is 0.714. The van der Waals surface area contributed by atoms with E-state index in [1.165, 1.54) is 18.5 Å². The molecule has 1 aliphatic rings. The maximum Gasteiger partial charge on any atom is 0.105 e. The predicted octanol–water partition coefficient (Wildman–Crippen LogP) is 2.64. The van der Waals surface area contributed by atoms with Gasteiger partial charge in [-0.2, -0.15) is 0 Å². The Hall–Kier alpha value is -0.800. The van der Waals surface area contributed by atoms with Gasteiger partial charge in [0.15, 0.2) is 0 Å². The molecule has 0 aliphatic carbocycles. The minimum Gasteiger partial charge on any atom is -0.466 e. The van der Waals surface area contributed by atoms with Gasteiger partial charge < -0.3 is 9.73 Å². The summed E-state index contributed by atoms with van der Waals surface area (Å²) in [5, 5.41) is 3.54. The van der Waals surface area contributed by atoms with Gasteiger partial charge in [0.1, 0.15) is 11.5 Å². The zero-order chi connectivity index (χ0) is 12.4. The van der Waals surface area contributed by atoms with Crippen molar-refractivity contribution < 1.29 is 4.42 Å². The molecule has 3 nitrogen and oxygen atoms in total. The van der Waals surface area contributed by atoms with E-state index in [1.54, 1.807) is 0 Å². The van der Waals surface area contributed by atoms with Crippen molar-refractivity contribution in [2.24, 2.45) is 0 Å². The Morgan fingerprint density at radius 1 is 1.47 bits per heavy atom. The van der Waals surface area contributed by atoms with Gasteiger partial charge in [0.2, 0.25) is 0 Å². The summed E-state index contributed by atoms with van der Waals surface area (Å²) in [4.78, 5) is 2.56. The molecule has 17 heavy (non-hydrogen) atoms. The van der Waals surface area contributed by atoms with Gasteiger partial charge in [-0.05, 0) is 46.7 Å². The molecule has 1 aliphatic heterocycles. The third kappa shape index (κ3) is 2.90. The molecule has 2 atom stereocenters. The van der Waals surface area contributed by atoms with Gasteiger partial charge in [0, 0.05) is 30.7 Å². The van der Waals surface area contributed by atoms with E-state index in [1.807, 2.05) is 6.92 Å². The zero-order valence-corrected chi connectivity index (χ0v) is 11.4. The Bertz CT molecular complexity index is 372. The van der Waals surface area contributed by atoms with Crippen molar-refractivity contribution in [1.29, 1.82) is 0 Å². The van der Waals surface area contributed by atoms with E-state index in [2.05, 4.69) is 37.1 Å². The largest absolute Gasteiger partial charge is 0.466 e. The van der Waals surface area contributed by atoms with Crippen LogP contribution >= 0.6 is 0 Å². The molecular formula is C14H24N2O. The minimum absolute atomic E-state index is 0.454. The maximum absolute atomic E-state index is 5.64. The van der Waals surface area contributed by atoms with Crippen molar-refractivity contribution in [3.8, 4) is 0 Å². The Morgan fingerprint density at radius 3 is 2.88 bits per heavy atom. The van der Waals surface area contributed by atoms with Crippen LogP contribution in [0.1, 0.15) is 43.4 Å². The summed E-state index contributed by atoms with van der Waals surface area (Å²) in [6, 6.07) is 3.21. The number of hydrogen-bond donors (Lipinski definition) is 1. The monoisotopic (exact) mass is 236 g/mol. The van der Waals surface area contributed by atoms with Crippen LogP contribution in [0.4, 0.5) is 0 Å². The molecule has 2 heterocycles. The second-order valence-electron chi connectivity index (χ2n) is 5.25. The van der Waals surface area contributed by atoms with Gasteiger partial charge in [0.25, 0.3) is 0 Å². The molecule has 2 unspecified atom stereocenters. The van der Waals surface area contributed by atoms with Gasteiger partial charge in [-0.1, -0.05) is 0 Å². The normalized spacial score (nSPS) is 24.6. The highest BCUT2D eigenvalue weighted by Gasteiger charge is 2.22. The number of nitrogens with one attached hydrogen (secondary N) is 1. The minimum atomic E-state index is 0.454. The smallest absolute Gasteiger partial charge is 0.105 e. The SMILES string of the molecule is Cc1cc(C(C)N2CCCNC(C)C2)c(C)o1. The summed E-state index contributed by atoms with van der Waals surface area (Å²) in [5.41, 5.74) is 1.34. The van der Waals surface area contributed by atoms with Crippen LogP contribution in [0.3, 0.4) is 0 Å². The highest BCUT2D eigenvalue weighted by atomic mass is 16.3. The second-order valence-corrected chi connectivity index (χ2v) is 5.25. The van der Waals surface area contributed by atoms with Crippen LogP contribution in [0.2, 0.25) is 0 Å². The third-order valence-corrected chi connectivity index (χ3v) is 3.70. The second kappa shape index (κ2) is 5.23. The van der Waals surface area contributed by atoms with Crippen LogP contribution < -0.4 is 5.32 Å². The average Bonchev–Trinajstić information content (AvgIpc) is 2.49. The lowest BCUT2D eigenvalue weighted by Gasteiger charge is -2.28. The van der Waals surface area contributed by atoms with E-state index in [-0.39, 0.29) is 0 Å². The Balaban J connectivity index is 2.12. The van der Waals surface area contributed by atoms with Crippen LogP contribution in [-0.4, -0.2) is 30.6 Å². The number of rotatable bonds is 2. The first-order valence-electron chi connectivity index (χ1n) is 6.62. The van der Waals surface area contributed by atoms with Gasteiger partial charge in [-0.25, -0.2) is 0 Å². The Kier molecular flexibility index (Phi) is 3.89. The lowest BCUT2D eigenvalue weighted by Crippen LogP contribution is -2.36. The lowest BCUT2D eigenvalue weighted by molar-refractivity contribution is 0.208. The first kappa shape index (κ1) is 12.7. The molecule has 1 fully saturated rings. The predicted molar refractivity (Wildman–Crippen MR) is 70.3 cm³/mol. The molecule has 0 saturated carbocycles. The van der Waals surface area contributed by atoms with E-state index in [0.29, 0.717) is 12.1 Å². The molecule has 0 spiro atoms. The number of hydrogen-bond acceptors (Lipinski definition) is 3. The van der Waals surface area contributed by atoms with Crippen LogP contribution in [0.15, 0.2) is 10.5 Å². The molecule has 2 rings (SSSR count). The topological polar surface area (TPSA) is 28.4 Å². The first-order valence-corrected chi connectivity index (χ1v) is 6.62. The van der Waals surface area contributed by atoms with Crippen molar-refractivity contribution in [1.82, 2.24) is 10.2 Å². The van der Waals surface area contributed by atoms with E-state index >= 15 is 0 Å². The Morgan fingerprint density at radius 2 is 2.24 bits per heavy atom. The van der Waals surface area contributed by atoms with Gasteiger partial charge >= 0.3 is 0 Å². The summed E-state index contributed by atoms with van der Waals surface area (Å²) in [7, 11) is 0. The standard InChI is InChI=1S/C14H24N2O/c1-10-9-16(7-5-6-15-10)12(3)14-8-11(2)17-13(14)4/h8,10,12,15H,5-7,9H2,1-4H3. The summed E-state index contributed by atoms with van der Waals surface area (Å²) >= 11 is 0. The number of aryl methyl sites for hydroxylation is 2. The Labute approximate surface area is 104 Å². The molecule has 1 aromatic rings. The van der Waals surface area contributed by atoms with Crippen LogP contribution in [0, 0.1) is 13.8 Å². The first-order chi connectivity index (χ1) is 8.08. The average molecular weight is 236 g/mol. The van der Waals surface area contributed by atoms with Crippen LogP contribution in [0.25, 0.3) is 0 Å².